The first-order chi connectivity index (χ1) is 8.18. The Labute approximate surface area is 106 Å². The van der Waals surface area contributed by atoms with Gasteiger partial charge in [-0.15, -0.1) is 0 Å². The summed E-state index contributed by atoms with van der Waals surface area (Å²) in [6.07, 6.45) is 3.13. The molecule has 4 nitrogen and oxygen atoms in total. The lowest BCUT2D eigenvalue weighted by atomic mass is 9.94. The Balaban J connectivity index is 1.77. The van der Waals surface area contributed by atoms with Crippen LogP contribution in [0.15, 0.2) is 18.3 Å². The summed E-state index contributed by atoms with van der Waals surface area (Å²) in [5.74, 6) is 0. The molecule has 2 N–H and O–H groups in total. The van der Waals surface area contributed by atoms with E-state index in [4.69, 9.17) is 16.3 Å². The van der Waals surface area contributed by atoms with Gasteiger partial charge in [0.25, 0.3) is 0 Å². The highest BCUT2D eigenvalue weighted by molar-refractivity contribution is 6.29. The lowest BCUT2D eigenvalue weighted by Crippen LogP contribution is -2.44. The fraction of sp³-hybridized carbons (Fsp3) is 0.583. The topological polar surface area (TPSA) is 54.4 Å². The molecule has 0 aliphatic carbocycles. The summed E-state index contributed by atoms with van der Waals surface area (Å²) in [7, 11) is 0. The Kier molecular flexibility index (Phi) is 4.34. The van der Waals surface area contributed by atoms with Crippen LogP contribution in [0.3, 0.4) is 0 Å². The van der Waals surface area contributed by atoms with E-state index >= 15 is 0 Å². The molecule has 0 saturated carbocycles. The molecule has 0 amide bonds. The molecule has 0 spiro atoms. The predicted molar refractivity (Wildman–Crippen MR) is 66.0 cm³/mol. The second kappa shape index (κ2) is 5.78. The average molecular weight is 257 g/mol. The Morgan fingerprint density at radius 1 is 1.41 bits per heavy atom. The second-order valence-electron chi connectivity index (χ2n) is 4.43. The number of nitrogens with one attached hydrogen (secondary N) is 1. The quantitative estimate of drug-likeness (QED) is 0.799. The summed E-state index contributed by atoms with van der Waals surface area (Å²) < 4.78 is 5.23. The standard InChI is InChI=1S/C12H17ClN2O2/c13-11-2-1-10(8-15-11)7-14-9-12(16)3-5-17-6-4-12/h1-2,8,14,16H,3-7,9H2. The molecule has 0 radical (unpaired) electrons. The molecular formula is C12H17ClN2O2. The molecule has 1 aromatic rings. The van der Waals surface area contributed by atoms with E-state index in [0.717, 1.165) is 5.56 Å². The van der Waals surface area contributed by atoms with Crippen LogP contribution in [-0.4, -0.2) is 35.5 Å². The van der Waals surface area contributed by atoms with Gasteiger partial charge in [0.05, 0.1) is 5.60 Å². The van der Waals surface area contributed by atoms with Crippen molar-refractivity contribution < 1.29 is 9.84 Å². The Hall–Kier alpha value is -0.680. The lowest BCUT2D eigenvalue weighted by Gasteiger charge is -2.32. The van der Waals surface area contributed by atoms with Crippen LogP contribution >= 0.6 is 11.6 Å². The summed E-state index contributed by atoms with van der Waals surface area (Å²) >= 11 is 5.70. The molecule has 1 aliphatic heterocycles. The minimum absolute atomic E-state index is 0.497. The highest BCUT2D eigenvalue weighted by Gasteiger charge is 2.28. The highest BCUT2D eigenvalue weighted by atomic mass is 35.5. The number of aromatic nitrogens is 1. The number of hydrogen-bond acceptors (Lipinski definition) is 4. The number of aliphatic hydroxyl groups is 1. The maximum absolute atomic E-state index is 10.2. The molecule has 1 fully saturated rings. The highest BCUT2D eigenvalue weighted by Crippen LogP contribution is 2.19. The van der Waals surface area contributed by atoms with Crippen molar-refractivity contribution in [3.05, 3.63) is 29.0 Å². The lowest BCUT2D eigenvalue weighted by molar-refractivity contribution is -0.0617. The van der Waals surface area contributed by atoms with Crippen molar-refractivity contribution in [2.75, 3.05) is 19.8 Å². The van der Waals surface area contributed by atoms with Gasteiger partial charge in [-0.25, -0.2) is 4.98 Å². The van der Waals surface area contributed by atoms with E-state index in [1.54, 1.807) is 12.3 Å². The third kappa shape index (κ3) is 3.92. The molecule has 0 aromatic carbocycles. The van der Waals surface area contributed by atoms with Gasteiger partial charge in [0, 0.05) is 45.3 Å². The molecule has 1 aliphatic rings. The van der Waals surface area contributed by atoms with E-state index in [-0.39, 0.29) is 0 Å². The first-order valence-corrected chi connectivity index (χ1v) is 6.17. The largest absolute Gasteiger partial charge is 0.388 e. The summed E-state index contributed by atoms with van der Waals surface area (Å²) in [5.41, 5.74) is 0.433. The normalized spacial score (nSPS) is 19.2. The Morgan fingerprint density at radius 3 is 2.82 bits per heavy atom. The van der Waals surface area contributed by atoms with Gasteiger partial charge >= 0.3 is 0 Å². The van der Waals surface area contributed by atoms with Crippen LogP contribution in [0.5, 0.6) is 0 Å². The monoisotopic (exact) mass is 256 g/mol. The predicted octanol–water partition coefficient (Wildman–Crippen LogP) is 1.37. The summed E-state index contributed by atoms with van der Waals surface area (Å²) in [5, 5.41) is 14.0. The van der Waals surface area contributed by atoms with Gasteiger partial charge in [0.1, 0.15) is 5.15 Å². The van der Waals surface area contributed by atoms with Crippen molar-refractivity contribution in [1.82, 2.24) is 10.3 Å². The maximum atomic E-state index is 10.2. The van der Waals surface area contributed by atoms with Gasteiger partial charge in [-0.1, -0.05) is 17.7 Å². The van der Waals surface area contributed by atoms with Crippen LogP contribution < -0.4 is 5.32 Å². The fourth-order valence-electron chi connectivity index (χ4n) is 1.88. The summed E-state index contributed by atoms with van der Waals surface area (Å²) in [6.45, 7) is 2.55. The molecule has 1 saturated heterocycles. The number of ether oxygens (including phenoxy) is 1. The summed E-state index contributed by atoms with van der Waals surface area (Å²) in [4.78, 5) is 4.00. The van der Waals surface area contributed by atoms with Gasteiger partial charge in [-0.2, -0.15) is 0 Å². The van der Waals surface area contributed by atoms with E-state index in [2.05, 4.69) is 10.3 Å². The van der Waals surface area contributed by atoms with E-state index in [0.29, 0.717) is 44.3 Å². The molecule has 2 heterocycles. The van der Waals surface area contributed by atoms with Crippen LogP contribution in [0.25, 0.3) is 0 Å². The zero-order chi connectivity index (χ0) is 12.1. The van der Waals surface area contributed by atoms with E-state index in [1.165, 1.54) is 0 Å². The molecule has 0 atom stereocenters. The van der Waals surface area contributed by atoms with Crippen molar-refractivity contribution >= 4 is 11.6 Å². The van der Waals surface area contributed by atoms with Crippen LogP contribution in [0.4, 0.5) is 0 Å². The van der Waals surface area contributed by atoms with E-state index in [9.17, 15) is 5.11 Å². The SMILES string of the molecule is OC1(CNCc2ccc(Cl)nc2)CCOCC1. The zero-order valence-corrected chi connectivity index (χ0v) is 10.4. The van der Waals surface area contributed by atoms with Crippen molar-refractivity contribution in [3.8, 4) is 0 Å². The summed E-state index contributed by atoms with van der Waals surface area (Å²) in [6, 6.07) is 3.69. The van der Waals surface area contributed by atoms with Gasteiger partial charge < -0.3 is 15.2 Å². The number of nitrogens with zero attached hydrogens (tertiary/aromatic N) is 1. The second-order valence-corrected chi connectivity index (χ2v) is 4.82. The minimum Gasteiger partial charge on any atom is -0.388 e. The number of rotatable bonds is 4. The minimum atomic E-state index is -0.627. The Bertz CT molecular complexity index is 350. The smallest absolute Gasteiger partial charge is 0.129 e. The molecule has 94 valence electrons. The number of halogens is 1. The zero-order valence-electron chi connectivity index (χ0n) is 9.66. The maximum Gasteiger partial charge on any atom is 0.129 e. The first kappa shape index (κ1) is 12.8. The van der Waals surface area contributed by atoms with E-state index < -0.39 is 5.60 Å². The molecular weight excluding hydrogens is 240 g/mol. The van der Waals surface area contributed by atoms with Crippen molar-refractivity contribution in [2.45, 2.75) is 25.0 Å². The average Bonchev–Trinajstić information content (AvgIpc) is 2.32. The van der Waals surface area contributed by atoms with Crippen molar-refractivity contribution in [3.63, 3.8) is 0 Å². The van der Waals surface area contributed by atoms with Gasteiger partial charge in [-0.05, 0) is 11.6 Å². The molecule has 5 heteroatoms. The number of hydrogen-bond donors (Lipinski definition) is 2. The van der Waals surface area contributed by atoms with Crippen LogP contribution in [0.1, 0.15) is 18.4 Å². The van der Waals surface area contributed by atoms with Crippen LogP contribution in [0.2, 0.25) is 5.15 Å². The number of pyridine rings is 1. The van der Waals surface area contributed by atoms with Crippen molar-refractivity contribution in [2.24, 2.45) is 0 Å². The first-order valence-electron chi connectivity index (χ1n) is 5.79. The van der Waals surface area contributed by atoms with Crippen molar-refractivity contribution in [1.29, 1.82) is 0 Å². The molecule has 1 aromatic heterocycles. The van der Waals surface area contributed by atoms with Gasteiger partial charge in [0.2, 0.25) is 0 Å². The van der Waals surface area contributed by atoms with Crippen LogP contribution in [0, 0.1) is 0 Å². The van der Waals surface area contributed by atoms with Crippen LogP contribution in [-0.2, 0) is 11.3 Å². The Morgan fingerprint density at radius 2 is 2.18 bits per heavy atom. The molecule has 0 unspecified atom stereocenters. The third-order valence-corrected chi connectivity index (χ3v) is 3.22. The third-order valence-electron chi connectivity index (χ3n) is 3.00. The molecule has 17 heavy (non-hydrogen) atoms. The van der Waals surface area contributed by atoms with Gasteiger partial charge in [-0.3, -0.25) is 0 Å². The van der Waals surface area contributed by atoms with Gasteiger partial charge in [0.15, 0.2) is 0 Å². The molecule has 2 rings (SSSR count). The van der Waals surface area contributed by atoms with E-state index in [1.807, 2.05) is 6.07 Å². The fourth-order valence-corrected chi connectivity index (χ4v) is 1.99. The molecule has 0 bridgehead atoms.